The van der Waals surface area contributed by atoms with Crippen molar-refractivity contribution in [2.24, 2.45) is 0 Å². The second-order valence-electron chi connectivity index (χ2n) is 3.44. The van der Waals surface area contributed by atoms with Crippen LogP contribution in [0.15, 0.2) is 36.7 Å². The molecule has 0 aliphatic rings. The molecule has 1 N–H and O–H groups in total. The van der Waals surface area contributed by atoms with Crippen molar-refractivity contribution in [1.82, 2.24) is 4.98 Å². The third-order valence-corrected chi connectivity index (χ3v) is 2.50. The fourth-order valence-electron chi connectivity index (χ4n) is 1.33. The monoisotopic (exact) mass is 268 g/mol. The summed E-state index contributed by atoms with van der Waals surface area (Å²) in [5.74, 6) is -2.53. The van der Waals surface area contributed by atoms with Crippen LogP contribution in [0.1, 0.15) is 10.4 Å². The highest BCUT2D eigenvalue weighted by atomic mass is 35.5. The minimum absolute atomic E-state index is 0.145. The van der Waals surface area contributed by atoms with E-state index in [1.165, 1.54) is 24.5 Å². The van der Waals surface area contributed by atoms with Gasteiger partial charge < -0.3 is 5.32 Å². The lowest BCUT2D eigenvalue weighted by atomic mass is 10.2. The van der Waals surface area contributed by atoms with Crippen LogP contribution in [-0.2, 0) is 0 Å². The number of rotatable bonds is 2. The van der Waals surface area contributed by atoms with E-state index in [2.05, 4.69) is 10.3 Å². The van der Waals surface area contributed by atoms with Crippen LogP contribution in [0.3, 0.4) is 0 Å². The smallest absolute Gasteiger partial charge is 0.257 e. The standard InChI is InChI=1S/C12H7ClF2N2O/c13-9-6-16-4-3-8(9)12(18)17-7-1-2-10(14)11(15)5-7/h1-6H,(H,17,18). The van der Waals surface area contributed by atoms with Gasteiger partial charge in [0.2, 0.25) is 0 Å². The van der Waals surface area contributed by atoms with E-state index in [9.17, 15) is 13.6 Å². The van der Waals surface area contributed by atoms with Crippen molar-refractivity contribution >= 4 is 23.2 Å². The number of pyridine rings is 1. The third kappa shape index (κ3) is 2.62. The topological polar surface area (TPSA) is 42.0 Å². The van der Waals surface area contributed by atoms with Crippen molar-refractivity contribution in [3.63, 3.8) is 0 Å². The van der Waals surface area contributed by atoms with Gasteiger partial charge in [-0.25, -0.2) is 8.78 Å². The van der Waals surface area contributed by atoms with Crippen LogP contribution in [0.4, 0.5) is 14.5 Å². The van der Waals surface area contributed by atoms with Crippen LogP contribution in [0, 0.1) is 11.6 Å². The molecule has 1 heterocycles. The van der Waals surface area contributed by atoms with Gasteiger partial charge in [-0.15, -0.1) is 0 Å². The summed E-state index contributed by atoms with van der Waals surface area (Å²) in [6, 6.07) is 4.50. The van der Waals surface area contributed by atoms with E-state index in [-0.39, 0.29) is 16.3 Å². The van der Waals surface area contributed by atoms with Crippen molar-refractivity contribution in [2.75, 3.05) is 5.32 Å². The van der Waals surface area contributed by atoms with Gasteiger partial charge in [-0.1, -0.05) is 11.6 Å². The molecule has 2 rings (SSSR count). The molecule has 0 saturated carbocycles. The first-order chi connectivity index (χ1) is 8.58. The van der Waals surface area contributed by atoms with E-state index in [1.807, 2.05) is 0 Å². The maximum absolute atomic E-state index is 12.9. The summed E-state index contributed by atoms with van der Waals surface area (Å²) < 4.78 is 25.7. The normalized spacial score (nSPS) is 10.2. The van der Waals surface area contributed by atoms with Gasteiger partial charge in [-0.3, -0.25) is 9.78 Å². The number of nitrogens with zero attached hydrogens (tertiary/aromatic N) is 1. The molecule has 6 heteroatoms. The maximum Gasteiger partial charge on any atom is 0.257 e. The molecule has 0 fully saturated rings. The van der Waals surface area contributed by atoms with Crippen LogP contribution in [-0.4, -0.2) is 10.9 Å². The average molecular weight is 269 g/mol. The van der Waals surface area contributed by atoms with Gasteiger partial charge in [0.25, 0.3) is 5.91 Å². The molecule has 2 aromatic rings. The molecule has 1 aromatic carbocycles. The first-order valence-corrected chi connectivity index (χ1v) is 5.31. The van der Waals surface area contributed by atoms with Gasteiger partial charge in [0.1, 0.15) is 0 Å². The fourth-order valence-corrected chi connectivity index (χ4v) is 1.54. The van der Waals surface area contributed by atoms with Gasteiger partial charge in [0.15, 0.2) is 11.6 Å². The first-order valence-electron chi connectivity index (χ1n) is 4.94. The quantitative estimate of drug-likeness (QED) is 0.908. The van der Waals surface area contributed by atoms with Crippen molar-refractivity contribution < 1.29 is 13.6 Å². The van der Waals surface area contributed by atoms with Crippen LogP contribution in [0.25, 0.3) is 0 Å². The van der Waals surface area contributed by atoms with Gasteiger partial charge >= 0.3 is 0 Å². The molecule has 92 valence electrons. The lowest BCUT2D eigenvalue weighted by molar-refractivity contribution is 0.102. The van der Waals surface area contributed by atoms with Crippen LogP contribution in [0.2, 0.25) is 5.02 Å². The minimum Gasteiger partial charge on any atom is -0.322 e. The Hall–Kier alpha value is -2.01. The van der Waals surface area contributed by atoms with Crippen LogP contribution < -0.4 is 5.32 Å². The lowest BCUT2D eigenvalue weighted by Crippen LogP contribution is -2.12. The van der Waals surface area contributed by atoms with E-state index < -0.39 is 17.5 Å². The number of nitrogens with one attached hydrogen (secondary N) is 1. The number of amides is 1. The lowest BCUT2D eigenvalue weighted by Gasteiger charge is -2.06. The Kier molecular flexibility index (Phi) is 3.53. The summed E-state index contributed by atoms with van der Waals surface area (Å²) in [7, 11) is 0. The molecule has 18 heavy (non-hydrogen) atoms. The van der Waals surface area contributed by atoms with E-state index in [0.717, 1.165) is 12.1 Å². The highest BCUT2D eigenvalue weighted by Crippen LogP contribution is 2.17. The molecule has 0 radical (unpaired) electrons. The zero-order chi connectivity index (χ0) is 13.1. The number of halogens is 3. The number of aromatic nitrogens is 1. The largest absolute Gasteiger partial charge is 0.322 e. The summed E-state index contributed by atoms with van der Waals surface area (Å²) in [4.78, 5) is 15.5. The molecule has 0 aliphatic carbocycles. The van der Waals surface area contributed by atoms with E-state index >= 15 is 0 Å². The van der Waals surface area contributed by atoms with Gasteiger partial charge in [0, 0.05) is 24.1 Å². The number of hydrogen-bond acceptors (Lipinski definition) is 2. The molecule has 0 atom stereocenters. The van der Waals surface area contributed by atoms with Crippen LogP contribution in [0.5, 0.6) is 0 Å². The molecule has 3 nitrogen and oxygen atoms in total. The summed E-state index contributed by atoms with van der Waals surface area (Å²) >= 11 is 5.78. The van der Waals surface area contributed by atoms with E-state index in [1.54, 1.807) is 0 Å². The van der Waals surface area contributed by atoms with Crippen molar-refractivity contribution in [3.05, 3.63) is 58.9 Å². The highest BCUT2D eigenvalue weighted by Gasteiger charge is 2.11. The predicted molar refractivity (Wildman–Crippen MR) is 63.6 cm³/mol. The van der Waals surface area contributed by atoms with Crippen molar-refractivity contribution in [3.8, 4) is 0 Å². The Morgan fingerprint density at radius 1 is 1.22 bits per heavy atom. The summed E-state index contributed by atoms with van der Waals surface area (Å²) in [5, 5.41) is 2.59. The molecule has 1 aromatic heterocycles. The second-order valence-corrected chi connectivity index (χ2v) is 3.85. The number of hydrogen-bond donors (Lipinski definition) is 1. The zero-order valence-corrected chi connectivity index (χ0v) is 9.71. The number of carbonyl (C=O) groups excluding carboxylic acids is 1. The number of anilines is 1. The van der Waals surface area contributed by atoms with Gasteiger partial charge in [-0.05, 0) is 18.2 Å². The summed E-state index contributed by atoms with van der Waals surface area (Å²) in [6.45, 7) is 0. The van der Waals surface area contributed by atoms with E-state index in [0.29, 0.717) is 0 Å². The second kappa shape index (κ2) is 5.10. The molecule has 0 spiro atoms. The SMILES string of the molecule is O=C(Nc1ccc(F)c(F)c1)c1ccncc1Cl. The number of benzene rings is 1. The number of carbonyl (C=O) groups is 1. The Morgan fingerprint density at radius 3 is 2.67 bits per heavy atom. The predicted octanol–water partition coefficient (Wildman–Crippen LogP) is 3.27. The van der Waals surface area contributed by atoms with Gasteiger partial charge in [0.05, 0.1) is 10.6 Å². The molecule has 0 aliphatic heterocycles. The highest BCUT2D eigenvalue weighted by molar-refractivity contribution is 6.34. The molecule has 0 bridgehead atoms. The summed E-state index contributed by atoms with van der Waals surface area (Å²) in [5.41, 5.74) is 0.350. The Balaban J connectivity index is 2.22. The average Bonchev–Trinajstić information content (AvgIpc) is 2.34. The van der Waals surface area contributed by atoms with Gasteiger partial charge in [-0.2, -0.15) is 0 Å². The Morgan fingerprint density at radius 2 is 2.00 bits per heavy atom. The molecule has 0 unspecified atom stereocenters. The van der Waals surface area contributed by atoms with Crippen LogP contribution >= 0.6 is 11.6 Å². The molecular formula is C12H7ClF2N2O. The van der Waals surface area contributed by atoms with E-state index in [4.69, 9.17) is 11.6 Å². The van der Waals surface area contributed by atoms with Crippen molar-refractivity contribution in [2.45, 2.75) is 0 Å². The molecule has 1 amide bonds. The molecule has 0 saturated heterocycles. The maximum atomic E-state index is 12.9. The van der Waals surface area contributed by atoms with Crippen molar-refractivity contribution in [1.29, 1.82) is 0 Å². The minimum atomic E-state index is -1.03. The Bertz CT molecular complexity index is 604. The Labute approximate surface area is 106 Å². The fraction of sp³-hybridized carbons (Fsp3) is 0. The zero-order valence-electron chi connectivity index (χ0n) is 8.95. The first kappa shape index (κ1) is 12.4. The molecular weight excluding hydrogens is 262 g/mol. The summed E-state index contributed by atoms with van der Waals surface area (Å²) in [6.07, 6.45) is 2.73. The third-order valence-electron chi connectivity index (χ3n) is 2.19.